The predicted octanol–water partition coefficient (Wildman–Crippen LogP) is 0.932. The summed E-state index contributed by atoms with van der Waals surface area (Å²) in [6.07, 6.45) is 1.16. The van der Waals surface area contributed by atoms with E-state index in [1.165, 1.54) is 0 Å². The Hall–Kier alpha value is -2.68. The Balaban J connectivity index is 0.000000596. The van der Waals surface area contributed by atoms with Crippen LogP contribution >= 0.6 is 0 Å². The molecule has 0 aliphatic carbocycles. The van der Waals surface area contributed by atoms with Gasteiger partial charge in [0.25, 0.3) is 0 Å². The van der Waals surface area contributed by atoms with Crippen LogP contribution in [-0.2, 0) is 28.5 Å². The summed E-state index contributed by atoms with van der Waals surface area (Å²) in [5.41, 5.74) is -0.927. The maximum Gasteiger partial charge on any atom is 0.414 e. The molecule has 0 unspecified atom stereocenters. The third-order valence-electron chi connectivity index (χ3n) is 5.03. The van der Waals surface area contributed by atoms with Crippen molar-refractivity contribution in [3.63, 3.8) is 0 Å². The van der Waals surface area contributed by atoms with Crippen LogP contribution in [0.2, 0.25) is 0 Å². The smallest absolute Gasteiger partial charge is 0.414 e. The molecule has 14 nitrogen and oxygen atoms in total. The molecule has 0 bridgehead atoms. The van der Waals surface area contributed by atoms with Crippen molar-refractivity contribution in [3.05, 3.63) is 0 Å². The zero-order chi connectivity index (χ0) is 29.5. The molecule has 2 aliphatic heterocycles. The molecule has 0 spiro atoms. The molecule has 0 saturated carbocycles. The highest BCUT2D eigenvalue weighted by atomic mass is 16.6. The molecule has 2 rings (SSSR count). The molecule has 0 aromatic heterocycles. The minimum Gasteiger partial charge on any atom is -0.473 e. The normalized spacial score (nSPS) is 23.3. The summed E-state index contributed by atoms with van der Waals surface area (Å²) in [5, 5.41) is 26.9. The average Bonchev–Trinajstić information content (AvgIpc) is 2.78. The maximum absolute atomic E-state index is 11.6. The van der Waals surface area contributed by atoms with Crippen molar-refractivity contribution in [2.24, 2.45) is 0 Å². The lowest BCUT2D eigenvalue weighted by Gasteiger charge is -2.32. The van der Waals surface area contributed by atoms with Crippen LogP contribution in [0.3, 0.4) is 0 Å². The van der Waals surface area contributed by atoms with E-state index < -0.39 is 23.1 Å². The predicted molar refractivity (Wildman–Crippen MR) is 138 cm³/mol. The van der Waals surface area contributed by atoms with E-state index >= 15 is 0 Å². The number of hydrogen-bond acceptors (Lipinski definition) is 10. The van der Waals surface area contributed by atoms with Gasteiger partial charge in [-0.2, -0.15) is 0 Å². The third-order valence-corrected chi connectivity index (χ3v) is 5.03. The van der Waals surface area contributed by atoms with Gasteiger partial charge < -0.3 is 50.4 Å². The fourth-order valence-electron chi connectivity index (χ4n) is 3.44. The number of carbonyl (C=O) groups is 4. The van der Waals surface area contributed by atoms with Gasteiger partial charge in [-0.1, -0.05) is 0 Å². The summed E-state index contributed by atoms with van der Waals surface area (Å²) in [7, 11) is 3.33. The van der Waals surface area contributed by atoms with E-state index in [9.17, 15) is 9.59 Å². The molecule has 2 heterocycles. The van der Waals surface area contributed by atoms with Crippen molar-refractivity contribution in [1.82, 2.24) is 21.3 Å². The highest BCUT2D eigenvalue weighted by Crippen LogP contribution is 2.12. The molecule has 38 heavy (non-hydrogen) atoms. The second-order valence-corrected chi connectivity index (χ2v) is 10.6. The second-order valence-electron chi connectivity index (χ2n) is 10.6. The first-order valence-corrected chi connectivity index (χ1v) is 12.4. The number of aliphatic carboxylic acids is 2. The first kappa shape index (κ1) is 35.3. The Labute approximate surface area is 224 Å². The first-order valence-electron chi connectivity index (χ1n) is 12.4. The number of carboxylic acids is 2. The summed E-state index contributed by atoms with van der Waals surface area (Å²) >= 11 is 0. The van der Waals surface area contributed by atoms with Crippen LogP contribution in [0.1, 0.15) is 54.4 Å². The number of alkyl carbamates (subject to hydrolysis) is 2. The number of piperidine rings is 2. The highest BCUT2D eigenvalue weighted by Gasteiger charge is 2.29. The van der Waals surface area contributed by atoms with Gasteiger partial charge in [-0.15, -0.1) is 0 Å². The number of ether oxygens (including phenoxy) is 4. The van der Waals surface area contributed by atoms with E-state index in [1.54, 1.807) is 14.2 Å². The fraction of sp³-hybridized carbons (Fsp3) is 0.833. The molecule has 2 saturated heterocycles. The van der Waals surface area contributed by atoms with Crippen molar-refractivity contribution in [3.8, 4) is 0 Å². The number of nitrogens with one attached hydrogen (secondary N) is 4. The van der Waals surface area contributed by atoms with Crippen molar-refractivity contribution >= 4 is 24.1 Å². The summed E-state index contributed by atoms with van der Waals surface area (Å²) in [5.74, 6) is -3.65. The molecule has 6 N–H and O–H groups in total. The molecule has 2 fully saturated rings. The number of methoxy groups -OCH3 is 2. The fourth-order valence-corrected chi connectivity index (χ4v) is 3.44. The molecular weight excluding hydrogens is 504 g/mol. The monoisotopic (exact) mass is 550 g/mol. The number of carbonyl (C=O) groups excluding carboxylic acids is 2. The van der Waals surface area contributed by atoms with Gasteiger partial charge in [0.15, 0.2) is 0 Å². The summed E-state index contributed by atoms with van der Waals surface area (Å²) in [6.45, 7) is 14.4. The lowest BCUT2D eigenvalue weighted by atomic mass is 10.0. The first-order chi connectivity index (χ1) is 17.5. The zero-order valence-electron chi connectivity index (χ0n) is 23.7. The Morgan fingerprint density at radius 3 is 1.24 bits per heavy atom. The van der Waals surface area contributed by atoms with Crippen LogP contribution in [0.15, 0.2) is 0 Å². The third kappa shape index (κ3) is 16.9. The Bertz CT molecular complexity index is 689. The lowest BCUT2D eigenvalue weighted by Crippen LogP contribution is -2.55. The van der Waals surface area contributed by atoms with Gasteiger partial charge in [0.2, 0.25) is 0 Å². The van der Waals surface area contributed by atoms with E-state index in [1.807, 2.05) is 41.5 Å². The Morgan fingerprint density at radius 2 is 1.00 bits per heavy atom. The van der Waals surface area contributed by atoms with E-state index in [-0.39, 0.29) is 36.5 Å². The van der Waals surface area contributed by atoms with E-state index in [0.29, 0.717) is 0 Å². The van der Waals surface area contributed by atoms with E-state index in [0.717, 1.165) is 39.0 Å². The molecule has 4 atom stereocenters. The van der Waals surface area contributed by atoms with Gasteiger partial charge in [0.05, 0.1) is 24.3 Å². The SMILES string of the molecule is CO[C@@H]1CCNC[C@H]1NC(=O)OC(C)(C)C.CO[C@@H]1CCNC[C@H]1NC(=O)OC(C)(C)C.O=C(O)C(=O)O. The van der Waals surface area contributed by atoms with Crippen molar-refractivity contribution in [1.29, 1.82) is 0 Å². The standard InChI is InChI=1S/2C11H22N2O3.C2H2O4/c2*1-11(2,3)16-10(14)13-8-7-12-6-5-9(8)15-4;3-1(4)2(5)6/h2*8-9,12H,5-7H2,1-4H3,(H,13,14);(H,3,4)(H,5,6)/t2*8-,9-;/m11./s1. The van der Waals surface area contributed by atoms with Gasteiger partial charge in [0, 0.05) is 27.3 Å². The van der Waals surface area contributed by atoms with Crippen molar-refractivity contribution < 1.29 is 48.3 Å². The topological polar surface area (TPSA) is 194 Å². The minimum atomic E-state index is -1.82. The van der Waals surface area contributed by atoms with Crippen LogP contribution in [0.25, 0.3) is 0 Å². The Kier molecular flexibility index (Phi) is 15.8. The minimum absolute atomic E-state index is 0.0198. The quantitative estimate of drug-likeness (QED) is 0.272. The summed E-state index contributed by atoms with van der Waals surface area (Å²) in [4.78, 5) is 41.3. The van der Waals surface area contributed by atoms with Crippen LogP contribution in [0.4, 0.5) is 9.59 Å². The molecule has 2 amide bonds. The van der Waals surface area contributed by atoms with Gasteiger partial charge >= 0.3 is 24.1 Å². The van der Waals surface area contributed by atoms with Crippen molar-refractivity contribution in [2.45, 2.75) is 89.9 Å². The lowest BCUT2D eigenvalue weighted by molar-refractivity contribution is -0.159. The van der Waals surface area contributed by atoms with Gasteiger partial charge in [-0.3, -0.25) is 0 Å². The van der Waals surface area contributed by atoms with Crippen LogP contribution in [0.5, 0.6) is 0 Å². The van der Waals surface area contributed by atoms with E-state index in [4.69, 9.17) is 38.7 Å². The average molecular weight is 551 g/mol. The maximum atomic E-state index is 11.6. The molecule has 0 radical (unpaired) electrons. The Morgan fingerprint density at radius 1 is 0.684 bits per heavy atom. The highest BCUT2D eigenvalue weighted by molar-refractivity contribution is 6.27. The van der Waals surface area contributed by atoms with E-state index in [2.05, 4.69) is 21.3 Å². The number of rotatable bonds is 4. The van der Waals surface area contributed by atoms with Gasteiger partial charge in [-0.05, 0) is 67.5 Å². The largest absolute Gasteiger partial charge is 0.473 e. The molecular formula is C24H46N4O10. The van der Waals surface area contributed by atoms with Gasteiger partial charge in [-0.25, -0.2) is 19.2 Å². The second kappa shape index (κ2) is 17.0. The molecule has 222 valence electrons. The van der Waals surface area contributed by atoms with Gasteiger partial charge in [0.1, 0.15) is 11.2 Å². The molecule has 0 aromatic carbocycles. The number of carboxylic acid groups (broad SMARTS) is 2. The van der Waals surface area contributed by atoms with Crippen molar-refractivity contribution in [2.75, 3.05) is 40.4 Å². The summed E-state index contributed by atoms with van der Waals surface area (Å²) < 4.78 is 21.0. The molecule has 14 heteroatoms. The molecule has 2 aliphatic rings. The molecule has 0 aromatic rings. The number of hydrogen-bond donors (Lipinski definition) is 6. The van der Waals surface area contributed by atoms with Crippen LogP contribution in [0, 0.1) is 0 Å². The van der Waals surface area contributed by atoms with Crippen LogP contribution < -0.4 is 21.3 Å². The summed E-state index contributed by atoms with van der Waals surface area (Å²) in [6, 6.07) is -0.0396. The zero-order valence-corrected chi connectivity index (χ0v) is 23.7. The van der Waals surface area contributed by atoms with Crippen LogP contribution in [-0.4, -0.2) is 110 Å². The number of amides is 2.